The van der Waals surface area contributed by atoms with Crippen LogP contribution in [0, 0.1) is 9.39 Å². The molecule has 150 valence electrons. The molecule has 0 N–H and O–H groups in total. The monoisotopic (exact) mass is 504 g/mol. The van der Waals surface area contributed by atoms with Gasteiger partial charge in [-0.15, -0.1) is 0 Å². The third-order valence-electron chi connectivity index (χ3n) is 5.31. The van der Waals surface area contributed by atoms with E-state index in [-0.39, 0.29) is 24.6 Å². The molecule has 6 heteroatoms. The number of hydrogen-bond donors (Lipinski definition) is 0. The molecule has 1 unspecified atom stereocenters. The SMILES string of the molecule is CC1CN(c2ccc(I)c3cc(F)ccc23)CCN1C(=O)OCc1ccccc1. The van der Waals surface area contributed by atoms with Crippen molar-refractivity contribution in [1.82, 2.24) is 4.90 Å². The molecule has 1 aliphatic heterocycles. The van der Waals surface area contributed by atoms with Crippen molar-refractivity contribution >= 4 is 45.1 Å². The Morgan fingerprint density at radius 2 is 1.90 bits per heavy atom. The summed E-state index contributed by atoms with van der Waals surface area (Å²) in [7, 11) is 0. The van der Waals surface area contributed by atoms with Crippen LogP contribution >= 0.6 is 22.6 Å². The summed E-state index contributed by atoms with van der Waals surface area (Å²) in [4.78, 5) is 16.6. The molecule has 1 saturated heterocycles. The molecule has 1 heterocycles. The van der Waals surface area contributed by atoms with Crippen LogP contribution in [-0.2, 0) is 11.3 Å². The lowest BCUT2D eigenvalue weighted by Gasteiger charge is -2.40. The average Bonchev–Trinajstić information content (AvgIpc) is 2.73. The van der Waals surface area contributed by atoms with Crippen molar-refractivity contribution in [3.8, 4) is 0 Å². The molecule has 4 rings (SSSR count). The summed E-state index contributed by atoms with van der Waals surface area (Å²) in [5.41, 5.74) is 2.05. The van der Waals surface area contributed by atoms with E-state index in [1.807, 2.05) is 49.4 Å². The number of benzene rings is 3. The quantitative estimate of drug-likeness (QED) is 0.446. The third-order valence-corrected chi connectivity index (χ3v) is 6.25. The van der Waals surface area contributed by atoms with Crippen LogP contribution in [0.15, 0.2) is 60.7 Å². The zero-order chi connectivity index (χ0) is 20.4. The number of fused-ring (bicyclic) bond motifs is 1. The van der Waals surface area contributed by atoms with Crippen molar-refractivity contribution in [2.24, 2.45) is 0 Å². The molecule has 0 spiro atoms. The van der Waals surface area contributed by atoms with Gasteiger partial charge in [-0.1, -0.05) is 30.3 Å². The van der Waals surface area contributed by atoms with Crippen LogP contribution in [0.4, 0.5) is 14.9 Å². The number of halogens is 2. The van der Waals surface area contributed by atoms with Gasteiger partial charge in [-0.25, -0.2) is 9.18 Å². The van der Waals surface area contributed by atoms with Gasteiger partial charge in [0.05, 0.1) is 0 Å². The lowest BCUT2D eigenvalue weighted by atomic mass is 10.1. The predicted octanol–water partition coefficient (Wildman–Crippen LogP) is 5.43. The molecule has 0 aromatic heterocycles. The maximum Gasteiger partial charge on any atom is 0.410 e. The fraction of sp³-hybridized carbons (Fsp3) is 0.261. The molecule has 1 fully saturated rings. The molecule has 3 aromatic carbocycles. The zero-order valence-electron chi connectivity index (χ0n) is 16.1. The molecule has 0 radical (unpaired) electrons. The van der Waals surface area contributed by atoms with E-state index in [4.69, 9.17) is 4.74 Å². The van der Waals surface area contributed by atoms with Gasteiger partial charge in [0.15, 0.2) is 0 Å². The maximum atomic E-state index is 13.7. The molecule has 0 bridgehead atoms. The molecule has 0 aliphatic carbocycles. The summed E-state index contributed by atoms with van der Waals surface area (Å²) in [6.45, 7) is 4.30. The second-order valence-corrected chi connectivity index (χ2v) is 8.45. The second-order valence-electron chi connectivity index (χ2n) is 7.29. The molecule has 29 heavy (non-hydrogen) atoms. The van der Waals surface area contributed by atoms with Gasteiger partial charge in [-0.2, -0.15) is 0 Å². The van der Waals surface area contributed by atoms with E-state index in [9.17, 15) is 9.18 Å². The van der Waals surface area contributed by atoms with E-state index in [2.05, 4.69) is 33.6 Å². The van der Waals surface area contributed by atoms with Crippen molar-refractivity contribution < 1.29 is 13.9 Å². The Hall–Kier alpha value is -2.35. The van der Waals surface area contributed by atoms with Crippen LogP contribution in [0.3, 0.4) is 0 Å². The smallest absolute Gasteiger partial charge is 0.410 e. The van der Waals surface area contributed by atoms with Crippen LogP contribution in [0.2, 0.25) is 0 Å². The maximum absolute atomic E-state index is 13.7. The summed E-state index contributed by atoms with van der Waals surface area (Å²) >= 11 is 2.24. The van der Waals surface area contributed by atoms with Crippen molar-refractivity contribution in [3.05, 3.63) is 75.6 Å². The van der Waals surface area contributed by atoms with E-state index >= 15 is 0 Å². The molecule has 1 amide bonds. The minimum Gasteiger partial charge on any atom is -0.445 e. The molecular formula is C23H22FIN2O2. The van der Waals surface area contributed by atoms with Gasteiger partial charge >= 0.3 is 6.09 Å². The second kappa shape index (κ2) is 8.57. The third kappa shape index (κ3) is 4.32. The van der Waals surface area contributed by atoms with Crippen molar-refractivity contribution in [2.75, 3.05) is 24.5 Å². The first-order valence-electron chi connectivity index (χ1n) is 9.63. The Balaban J connectivity index is 1.46. The van der Waals surface area contributed by atoms with Gasteiger partial charge in [-0.05, 0) is 70.8 Å². The molecular weight excluding hydrogens is 482 g/mol. The summed E-state index contributed by atoms with van der Waals surface area (Å²) in [6.07, 6.45) is -0.282. The van der Waals surface area contributed by atoms with Gasteiger partial charge < -0.3 is 14.5 Å². The molecule has 1 aliphatic rings. The number of hydrogen-bond acceptors (Lipinski definition) is 3. The predicted molar refractivity (Wildman–Crippen MR) is 122 cm³/mol. The Morgan fingerprint density at radius 1 is 1.10 bits per heavy atom. The van der Waals surface area contributed by atoms with Gasteiger partial charge in [0.1, 0.15) is 12.4 Å². The zero-order valence-corrected chi connectivity index (χ0v) is 18.3. The van der Waals surface area contributed by atoms with Crippen LogP contribution < -0.4 is 4.90 Å². The highest BCUT2D eigenvalue weighted by molar-refractivity contribution is 14.1. The Labute approximate surface area is 183 Å². The summed E-state index contributed by atoms with van der Waals surface area (Å²) in [5, 5.41) is 1.95. The number of ether oxygens (including phenoxy) is 1. The van der Waals surface area contributed by atoms with Gasteiger partial charge in [0.2, 0.25) is 0 Å². The highest BCUT2D eigenvalue weighted by Gasteiger charge is 2.29. The minimum absolute atomic E-state index is 0.0156. The Morgan fingerprint density at radius 3 is 2.66 bits per heavy atom. The fourth-order valence-corrected chi connectivity index (χ4v) is 4.42. The molecule has 0 saturated carbocycles. The number of rotatable bonds is 3. The van der Waals surface area contributed by atoms with Crippen LogP contribution in [0.25, 0.3) is 10.8 Å². The van der Waals surface area contributed by atoms with Gasteiger partial charge in [-0.3, -0.25) is 0 Å². The number of anilines is 1. The molecule has 4 nitrogen and oxygen atoms in total. The number of nitrogens with zero attached hydrogens (tertiary/aromatic N) is 2. The first-order valence-corrected chi connectivity index (χ1v) is 10.7. The van der Waals surface area contributed by atoms with E-state index in [1.165, 1.54) is 6.07 Å². The first-order chi connectivity index (χ1) is 14.0. The standard InChI is InChI=1S/C23H22FIN2O2/c1-16-14-26(22-10-9-21(25)20-13-18(24)7-8-19(20)22)11-12-27(16)23(28)29-15-17-5-3-2-4-6-17/h2-10,13,16H,11-12,14-15H2,1H3. The summed E-state index contributed by atoms with van der Waals surface area (Å²) < 4.78 is 20.2. The largest absolute Gasteiger partial charge is 0.445 e. The van der Waals surface area contributed by atoms with Crippen LogP contribution in [0.1, 0.15) is 12.5 Å². The highest BCUT2D eigenvalue weighted by atomic mass is 127. The average molecular weight is 504 g/mol. The van der Waals surface area contributed by atoms with Crippen molar-refractivity contribution in [3.63, 3.8) is 0 Å². The summed E-state index contributed by atoms with van der Waals surface area (Å²) in [5.74, 6) is -0.230. The normalized spacial score (nSPS) is 16.9. The summed E-state index contributed by atoms with van der Waals surface area (Å²) in [6, 6.07) is 18.7. The lowest BCUT2D eigenvalue weighted by molar-refractivity contribution is 0.0795. The highest BCUT2D eigenvalue weighted by Crippen LogP contribution is 2.32. The number of piperazine rings is 1. The van der Waals surface area contributed by atoms with Crippen LogP contribution in [0.5, 0.6) is 0 Å². The van der Waals surface area contributed by atoms with Crippen molar-refractivity contribution in [1.29, 1.82) is 0 Å². The van der Waals surface area contributed by atoms with E-state index < -0.39 is 0 Å². The Kier molecular flexibility index (Phi) is 5.89. The molecule has 1 atom stereocenters. The van der Waals surface area contributed by atoms with E-state index in [0.717, 1.165) is 25.6 Å². The minimum atomic E-state index is -0.282. The Bertz CT molecular complexity index is 1030. The first kappa shape index (κ1) is 19.9. The van der Waals surface area contributed by atoms with Crippen molar-refractivity contribution in [2.45, 2.75) is 19.6 Å². The fourth-order valence-electron chi connectivity index (χ4n) is 3.79. The molecule has 3 aromatic rings. The topological polar surface area (TPSA) is 32.8 Å². The van der Waals surface area contributed by atoms with Gasteiger partial charge in [0.25, 0.3) is 0 Å². The number of amides is 1. The number of carbonyl (C=O) groups is 1. The van der Waals surface area contributed by atoms with E-state index in [1.54, 1.807) is 11.0 Å². The van der Waals surface area contributed by atoms with Gasteiger partial charge in [0, 0.05) is 40.3 Å². The van der Waals surface area contributed by atoms with Crippen LogP contribution in [-0.4, -0.2) is 36.7 Å². The lowest BCUT2D eigenvalue weighted by Crippen LogP contribution is -2.54. The number of carbonyl (C=O) groups excluding carboxylic acids is 1. The van der Waals surface area contributed by atoms with E-state index in [0.29, 0.717) is 19.6 Å².